The summed E-state index contributed by atoms with van der Waals surface area (Å²) in [5, 5.41) is 3.59. The summed E-state index contributed by atoms with van der Waals surface area (Å²) < 4.78 is 0. The summed E-state index contributed by atoms with van der Waals surface area (Å²) in [6, 6.07) is 27.5. The second-order valence-corrected chi connectivity index (χ2v) is 5.07. The first-order valence-electron chi connectivity index (χ1n) is 7.24. The monoisotopic (exact) mass is 275 g/mol. The molecule has 0 spiro atoms. The van der Waals surface area contributed by atoms with Crippen molar-refractivity contribution in [3.05, 3.63) is 96.2 Å². The van der Waals surface area contributed by atoms with Crippen molar-refractivity contribution in [2.75, 3.05) is 5.32 Å². The van der Waals surface area contributed by atoms with Crippen LogP contribution in [0, 0.1) is 0 Å². The second kappa shape index (κ2) is 6.71. The molecule has 1 atom stereocenters. The van der Waals surface area contributed by atoms with Crippen molar-refractivity contribution < 1.29 is 4.98 Å². The van der Waals surface area contributed by atoms with Crippen LogP contribution in [0.2, 0.25) is 0 Å². The number of hydrogen-bond acceptors (Lipinski definition) is 1. The van der Waals surface area contributed by atoms with E-state index < -0.39 is 0 Å². The van der Waals surface area contributed by atoms with Crippen molar-refractivity contribution in [1.82, 2.24) is 0 Å². The summed E-state index contributed by atoms with van der Waals surface area (Å²) in [7, 11) is 0. The number of hydrogen-bond donors (Lipinski definition) is 1. The highest BCUT2D eigenvalue weighted by Gasteiger charge is 2.17. The Morgan fingerprint density at radius 1 is 0.762 bits per heavy atom. The molecule has 0 bridgehead atoms. The molecule has 0 aliphatic rings. The van der Waals surface area contributed by atoms with E-state index in [1.165, 1.54) is 11.1 Å². The molecule has 0 aliphatic heterocycles. The Hall–Kier alpha value is -2.61. The maximum atomic E-state index is 3.59. The van der Waals surface area contributed by atoms with E-state index >= 15 is 0 Å². The van der Waals surface area contributed by atoms with Crippen LogP contribution in [0.5, 0.6) is 0 Å². The largest absolute Gasteiger partial charge is 0.272 e. The molecular formula is C19H19N2+. The topological polar surface area (TPSA) is 26.2 Å². The van der Waals surface area contributed by atoms with Gasteiger partial charge < -0.3 is 0 Å². The molecule has 2 aromatic carbocycles. The summed E-state index contributed by atoms with van der Waals surface area (Å²) in [6.45, 7) is 0. The second-order valence-electron chi connectivity index (χ2n) is 5.07. The van der Waals surface area contributed by atoms with Gasteiger partial charge >= 0.3 is 0 Å². The van der Waals surface area contributed by atoms with Gasteiger partial charge in [-0.3, -0.25) is 5.32 Å². The fourth-order valence-electron chi connectivity index (χ4n) is 2.46. The Bertz CT molecular complexity index is 609. The normalized spacial score (nSPS) is 11.8. The first-order valence-corrected chi connectivity index (χ1v) is 7.24. The molecule has 0 saturated carbocycles. The van der Waals surface area contributed by atoms with Crippen molar-refractivity contribution in [1.29, 1.82) is 0 Å². The maximum Gasteiger partial charge on any atom is 0.272 e. The lowest BCUT2D eigenvalue weighted by molar-refractivity contribution is -0.361. The van der Waals surface area contributed by atoms with Gasteiger partial charge in [0.1, 0.15) is 6.04 Å². The van der Waals surface area contributed by atoms with E-state index in [1.54, 1.807) is 0 Å². The van der Waals surface area contributed by atoms with Gasteiger partial charge in [-0.05, 0) is 17.2 Å². The highest BCUT2D eigenvalue weighted by molar-refractivity contribution is 5.35. The average Bonchev–Trinajstić information content (AvgIpc) is 2.57. The summed E-state index contributed by atoms with van der Waals surface area (Å²) in [4.78, 5) is 3.24. The number of anilines is 1. The van der Waals surface area contributed by atoms with Crippen molar-refractivity contribution in [2.24, 2.45) is 0 Å². The van der Waals surface area contributed by atoms with Crippen LogP contribution < -0.4 is 10.3 Å². The van der Waals surface area contributed by atoms with Crippen LogP contribution in [0.25, 0.3) is 0 Å². The summed E-state index contributed by atoms with van der Waals surface area (Å²) >= 11 is 0. The minimum Gasteiger partial charge on any atom is -0.267 e. The number of H-pyrrole nitrogens is 1. The number of aromatic amines is 1. The summed E-state index contributed by atoms with van der Waals surface area (Å²) in [6.07, 6.45) is 2.89. The highest BCUT2D eigenvalue weighted by atomic mass is 15.0. The van der Waals surface area contributed by atoms with Gasteiger partial charge in [0.2, 0.25) is 0 Å². The number of rotatable bonds is 5. The van der Waals surface area contributed by atoms with Crippen molar-refractivity contribution in [3.8, 4) is 0 Å². The van der Waals surface area contributed by atoms with E-state index in [0.29, 0.717) is 0 Å². The van der Waals surface area contributed by atoms with Crippen LogP contribution in [-0.2, 0) is 6.42 Å². The Morgan fingerprint density at radius 3 is 2.10 bits per heavy atom. The van der Waals surface area contributed by atoms with Crippen LogP contribution in [0.15, 0.2) is 85.1 Å². The molecule has 21 heavy (non-hydrogen) atoms. The molecule has 0 fully saturated rings. The number of pyridine rings is 1. The molecular weight excluding hydrogens is 256 g/mol. The molecule has 0 aliphatic carbocycles. The zero-order valence-electron chi connectivity index (χ0n) is 11.9. The third kappa shape index (κ3) is 3.69. The van der Waals surface area contributed by atoms with E-state index in [2.05, 4.69) is 77.0 Å². The van der Waals surface area contributed by atoms with Gasteiger partial charge in [-0.2, -0.15) is 0 Å². The molecule has 0 saturated heterocycles. The van der Waals surface area contributed by atoms with Crippen molar-refractivity contribution in [2.45, 2.75) is 12.5 Å². The predicted molar refractivity (Wildman–Crippen MR) is 85.9 cm³/mol. The first-order chi connectivity index (χ1) is 10.4. The van der Waals surface area contributed by atoms with E-state index in [-0.39, 0.29) is 6.04 Å². The van der Waals surface area contributed by atoms with Crippen LogP contribution in [-0.4, -0.2) is 0 Å². The lowest BCUT2D eigenvalue weighted by Crippen LogP contribution is -2.19. The third-order valence-corrected chi connectivity index (χ3v) is 3.52. The molecule has 0 amide bonds. The number of benzene rings is 2. The van der Waals surface area contributed by atoms with Crippen LogP contribution >= 0.6 is 0 Å². The van der Waals surface area contributed by atoms with E-state index in [0.717, 1.165) is 12.2 Å². The number of aromatic nitrogens is 1. The Kier molecular flexibility index (Phi) is 4.27. The molecule has 1 aromatic heterocycles. The molecule has 2 nitrogen and oxygen atoms in total. The minimum atomic E-state index is 0.243. The summed E-state index contributed by atoms with van der Waals surface area (Å²) in [5.41, 5.74) is 2.62. The minimum absolute atomic E-state index is 0.243. The lowest BCUT2D eigenvalue weighted by atomic mass is 9.99. The molecule has 2 heteroatoms. The molecule has 2 N–H and O–H groups in total. The molecule has 104 valence electrons. The zero-order chi connectivity index (χ0) is 14.3. The van der Waals surface area contributed by atoms with Gasteiger partial charge in [0.15, 0.2) is 0 Å². The van der Waals surface area contributed by atoms with Crippen LogP contribution in [0.1, 0.15) is 17.2 Å². The van der Waals surface area contributed by atoms with E-state index in [9.17, 15) is 0 Å². The van der Waals surface area contributed by atoms with Crippen molar-refractivity contribution >= 4 is 5.82 Å². The highest BCUT2D eigenvalue weighted by Crippen LogP contribution is 2.21. The van der Waals surface area contributed by atoms with E-state index in [1.807, 2.05) is 18.3 Å². The fraction of sp³-hybridized carbons (Fsp3) is 0.105. The predicted octanol–water partition coefficient (Wildman–Crippen LogP) is 3.90. The van der Waals surface area contributed by atoms with Gasteiger partial charge in [0, 0.05) is 12.5 Å². The lowest BCUT2D eigenvalue weighted by Gasteiger charge is -2.15. The van der Waals surface area contributed by atoms with Crippen LogP contribution in [0.4, 0.5) is 5.82 Å². The molecule has 3 aromatic rings. The standard InChI is InChI=1S/C19H18N2/c1-3-9-16(10-4-1)15-18(17-11-5-2-6-12-17)21-19-13-7-8-14-20-19/h1-14,18H,15H2,(H,20,21)/p+1/t18-/m0/s1. The van der Waals surface area contributed by atoms with Gasteiger partial charge in [-0.1, -0.05) is 66.7 Å². The number of nitrogens with one attached hydrogen (secondary N) is 2. The Balaban J connectivity index is 1.84. The van der Waals surface area contributed by atoms with Gasteiger partial charge in [0.25, 0.3) is 5.82 Å². The average molecular weight is 275 g/mol. The third-order valence-electron chi connectivity index (χ3n) is 3.52. The smallest absolute Gasteiger partial charge is 0.267 e. The van der Waals surface area contributed by atoms with Gasteiger partial charge in [0.05, 0.1) is 6.20 Å². The quantitative estimate of drug-likeness (QED) is 0.751. The molecule has 0 radical (unpaired) electrons. The summed E-state index contributed by atoms with van der Waals surface area (Å²) in [5.74, 6) is 1.03. The first kappa shape index (κ1) is 13.4. The van der Waals surface area contributed by atoms with Crippen molar-refractivity contribution in [3.63, 3.8) is 0 Å². The molecule has 3 rings (SSSR count). The Morgan fingerprint density at radius 2 is 1.43 bits per heavy atom. The maximum absolute atomic E-state index is 3.59. The van der Waals surface area contributed by atoms with Gasteiger partial charge in [-0.25, -0.2) is 4.98 Å². The van der Waals surface area contributed by atoms with Crippen LogP contribution in [0.3, 0.4) is 0 Å². The fourth-order valence-corrected chi connectivity index (χ4v) is 2.46. The molecule has 1 heterocycles. The zero-order valence-corrected chi connectivity index (χ0v) is 11.9. The Labute approximate surface area is 125 Å². The van der Waals surface area contributed by atoms with Gasteiger partial charge in [-0.15, -0.1) is 0 Å². The SMILES string of the molecule is c1ccc(C[C@H](Nc2cccc[nH+]2)c2ccccc2)cc1. The van der Waals surface area contributed by atoms with E-state index in [4.69, 9.17) is 0 Å². The molecule has 0 unspecified atom stereocenters.